The van der Waals surface area contributed by atoms with Gasteiger partial charge in [-0.2, -0.15) is 0 Å². The van der Waals surface area contributed by atoms with Crippen LogP contribution in [0.5, 0.6) is 28.7 Å². The molecule has 0 saturated carbocycles. The Kier molecular flexibility index (Phi) is 8.84. The van der Waals surface area contributed by atoms with E-state index in [4.69, 9.17) is 14.2 Å². The van der Waals surface area contributed by atoms with E-state index in [0.717, 1.165) is 17.0 Å². The number of nitrogens with one attached hydrogen (secondary N) is 1. The summed E-state index contributed by atoms with van der Waals surface area (Å²) < 4.78 is 16.9. The highest BCUT2D eigenvalue weighted by Gasteiger charge is 2.22. The van der Waals surface area contributed by atoms with E-state index in [1.54, 1.807) is 24.4 Å². The number of aromatic hydroxyl groups is 2. The Hall–Kier alpha value is -4.13. The summed E-state index contributed by atoms with van der Waals surface area (Å²) in [6, 6.07) is 10.5. The van der Waals surface area contributed by atoms with Gasteiger partial charge < -0.3 is 29.7 Å². The smallest absolute Gasteiger partial charge is 0.170 e. The van der Waals surface area contributed by atoms with Crippen LogP contribution in [0.1, 0.15) is 27.7 Å². The maximum Gasteiger partial charge on any atom is 0.170 e. The number of benzene rings is 2. The number of methoxy groups -OCH3 is 2. The van der Waals surface area contributed by atoms with Crippen LogP contribution in [0.15, 0.2) is 65.9 Å². The van der Waals surface area contributed by atoms with Crippen LogP contribution in [-0.4, -0.2) is 42.6 Å². The minimum absolute atomic E-state index is 0.0421. The standard InChI is InChI=1S/C29H34N2O5/c1-18(2)11-13-30-26-10-8-21(17-31-26)22-16-25(34-5)27(28(33)29(22)35-6)20-7-9-24(23(32)15-20)36-14-12-19(3)4/h7-12,15-17,32-33H,13-14H2,1-6H3,(H,30,31). The topological polar surface area (TPSA) is 93.1 Å². The van der Waals surface area contributed by atoms with Crippen molar-refractivity contribution >= 4 is 5.82 Å². The molecule has 3 N–H and O–H groups in total. The molecule has 3 rings (SSSR count). The van der Waals surface area contributed by atoms with Gasteiger partial charge in [0.25, 0.3) is 0 Å². The number of rotatable bonds is 10. The lowest BCUT2D eigenvalue weighted by Crippen LogP contribution is -2.01. The molecule has 0 unspecified atom stereocenters. The summed E-state index contributed by atoms with van der Waals surface area (Å²) in [5.74, 6) is 1.65. The van der Waals surface area contributed by atoms with Crippen molar-refractivity contribution in [2.45, 2.75) is 27.7 Å². The quantitative estimate of drug-likeness (QED) is 0.277. The predicted octanol–water partition coefficient (Wildman–Crippen LogP) is 6.57. The van der Waals surface area contributed by atoms with Crippen LogP contribution < -0.4 is 19.5 Å². The SMILES string of the molecule is COc1cc(-c2ccc(NCC=C(C)C)nc2)c(OC)c(O)c1-c1ccc(OCC=C(C)C)c(O)c1. The fraction of sp³-hybridized carbons (Fsp3) is 0.276. The van der Waals surface area contributed by atoms with Crippen LogP contribution in [-0.2, 0) is 0 Å². The molecular formula is C29H34N2O5. The normalized spacial score (nSPS) is 10.4. The van der Waals surface area contributed by atoms with Gasteiger partial charge in [-0.25, -0.2) is 4.98 Å². The summed E-state index contributed by atoms with van der Waals surface area (Å²) >= 11 is 0. The average Bonchev–Trinajstić information content (AvgIpc) is 2.84. The van der Waals surface area contributed by atoms with Gasteiger partial charge in [0.2, 0.25) is 0 Å². The second kappa shape index (κ2) is 12.0. The van der Waals surface area contributed by atoms with Gasteiger partial charge in [-0.05, 0) is 69.7 Å². The second-order valence-corrected chi connectivity index (χ2v) is 8.75. The molecule has 1 aromatic heterocycles. The molecule has 190 valence electrons. The van der Waals surface area contributed by atoms with Crippen molar-refractivity contribution in [1.82, 2.24) is 4.98 Å². The predicted molar refractivity (Wildman–Crippen MR) is 144 cm³/mol. The zero-order valence-corrected chi connectivity index (χ0v) is 21.7. The Morgan fingerprint density at radius 3 is 2.19 bits per heavy atom. The third-order valence-electron chi connectivity index (χ3n) is 5.49. The molecule has 0 saturated heterocycles. The molecule has 0 atom stereocenters. The van der Waals surface area contributed by atoms with E-state index in [0.29, 0.717) is 41.3 Å². The van der Waals surface area contributed by atoms with Gasteiger partial charge in [-0.1, -0.05) is 23.3 Å². The van der Waals surface area contributed by atoms with Crippen molar-refractivity contribution in [3.8, 4) is 51.0 Å². The first-order valence-corrected chi connectivity index (χ1v) is 11.7. The number of hydrogen-bond donors (Lipinski definition) is 3. The van der Waals surface area contributed by atoms with Crippen LogP contribution in [0.25, 0.3) is 22.3 Å². The zero-order valence-electron chi connectivity index (χ0n) is 21.7. The number of hydrogen-bond acceptors (Lipinski definition) is 7. The van der Waals surface area contributed by atoms with Crippen LogP contribution in [0, 0.1) is 0 Å². The molecule has 0 radical (unpaired) electrons. The van der Waals surface area contributed by atoms with Crippen LogP contribution >= 0.6 is 0 Å². The molecule has 36 heavy (non-hydrogen) atoms. The zero-order chi connectivity index (χ0) is 26.2. The Morgan fingerprint density at radius 2 is 1.61 bits per heavy atom. The van der Waals surface area contributed by atoms with Gasteiger partial charge in [-0.15, -0.1) is 0 Å². The summed E-state index contributed by atoms with van der Waals surface area (Å²) in [5, 5.41) is 25.0. The molecule has 0 amide bonds. The fourth-order valence-electron chi connectivity index (χ4n) is 3.60. The van der Waals surface area contributed by atoms with Crippen molar-refractivity contribution < 1.29 is 24.4 Å². The van der Waals surface area contributed by atoms with Crippen molar-refractivity contribution in [3.05, 3.63) is 65.9 Å². The van der Waals surface area contributed by atoms with E-state index in [1.165, 1.54) is 25.9 Å². The highest BCUT2D eigenvalue weighted by Crippen LogP contribution is 2.50. The summed E-state index contributed by atoms with van der Waals surface area (Å²) in [4.78, 5) is 4.48. The fourth-order valence-corrected chi connectivity index (χ4v) is 3.60. The average molecular weight is 491 g/mol. The number of allylic oxidation sites excluding steroid dienone is 2. The van der Waals surface area contributed by atoms with Gasteiger partial charge in [-0.3, -0.25) is 0 Å². The van der Waals surface area contributed by atoms with E-state index >= 15 is 0 Å². The molecule has 2 aromatic carbocycles. The molecule has 0 aliphatic rings. The number of phenols is 2. The lowest BCUT2D eigenvalue weighted by molar-refractivity contribution is 0.335. The lowest BCUT2D eigenvalue weighted by atomic mass is 9.97. The van der Waals surface area contributed by atoms with E-state index in [-0.39, 0.29) is 17.2 Å². The third kappa shape index (κ3) is 6.30. The Morgan fingerprint density at radius 1 is 0.889 bits per heavy atom. The number of nitrogens with zero attached hydrogens (tertiary/aromatic N) is 1. The molecule has 7 nitrogen and oxygen atoms in total. The van der Waals surface area contributed by atoms with Gasteiger partial charge >= 0.3 is 0 Å². The maximum atomic E-state index is 11.2. The van der Waals surface area contributed by atoms with Crippen LogP contribution in [0.2, 0.25) is 0 Å². The largest absolute Gasteiger partial charge is 0.504 e. The van der Waals surface area contributed by atoms with Crippen molar-refractivity contribution in [3.63, 3.8) is 0 Å². The third-order valence-corrected chi connectivity index (χ3v) is 5.49. The summed E-state index contributed by atoms with van der Waals surface area (Å²) in [6.45, 7) is 9.08. The van der Waals surface area contributed by atoms with Gasteiger partial charge in [0.15, 0.2) is 23.0 Å². The van der Waals surface area contributed by atoms with Gasteiger partial charge in [0.1, 0.15) is 18.2 Å². The maximum absolute atomic E-state index is 11.2. The first-order chi connectivity index (χ1) is 17.2. The Balaban J connectivity index is 1.97. The molecular weight excluding hydrogens is 456 g/mol. The molecule has 0 aliphatic heterocycles. The molecule has 7 heteroatoms. The monoisotopic (exact) mass is 490 g/mol. The molecule has 0 bridgehead atoms. The molecule has 0 aliphatic carbocycles. The highest BCUT2D eigenvalue weighted by molar-refractivity contribution is 5.88. The van der Waals surface area contributed by atoms with E-state index in [1.807, 2.05) is 45.9 Å². The molecule has 0 fully saturated rings. The van der Waals surface area contributed by atoms with E-state index in [2.05, 4.69) is 16.4 Å². The van der Waals surface area contributed by atoms with Crippen molar-refractivity contribution in [2.24, 2.45) is 0 Å². The highest BCUT2D eigenvalue weighted by atomic mass is 16.5. The van der Waals surface area contributed by atoms with Crippen molar-refractivity contribution in [2.75, 3.05) is 32.7 Å². The Bertz CT molecular complexity index is 1260. The van der Waals surface area contributed by atoms with Gasteiger partial charge in [0, 0.05) is 23.9 Å². The number of anilines is 1. The first-order valence-electron chi connectivity index (χ1n) is 11.7. The molecule has 1 heterocycles. The Labute approximate surface area is 212 Å². The van der Waals surface area contributed by atoms with Crippen molar-refractivity contribution in [1.29, 1.82) is 0 Å². The summed E-state index contributed by atoms with van der Waals surface area (Å²) in [7, 11) is 3.02. The molecule has 0 spiro atoms. The minimum Gasteiger partial charge on any atom is -0.504 e. The van der Waals surface area contributed by atoms with Gasteiger partial charge in [0.05, 0.1) is 19.8 Å². The second-order valence-electron chi connectivity index (χ2n) is 8.75. The number of phenolic OH excluding ortho intramolecular Hbond substituents is 2. The lowest BCUT2D eigenvalue weighted by Gasteiger charge is -2.18. The number of aromatic nitrogens is 1. The summed E-state index contributed by atoms with van der Waals surface area (Å²) in [5.41, 5.74) is 4.69. The summed E-state index contributed by atoms with van der Waals surface area (Å²) in [6.07, 6.45) is 5.72. The van der Waals surface area contributed by atoms with Crippen LogP contribution in [0.3, 0.4) is 0 Å². The van der Waals surface area contributed by atoms with E-state index < -0.39 is 0 Å². The van der Waals surface area contributed by atoms with Crippen LogP contribution in [0.4, 0.5) is 5.82 Å². The van der Waals surface area contributed by atoms with E-state index in [9.17, 15) is 10.2 Å². The first kappa shape index (κ1) is 26.5. The minimum atomic E-state index is -0.102. The number of ether oxygens (including phenoxy) is 3. The molecule has 3 aromatic rings. The number of pyridine rings is 1.